The van der Waals surface area contributed by atoms with Crippen LogP contribution < -0.4 is 4.90 Å². The Morgan fingerprint density at radius 3 is 2.44 bits per heavy atom. The highest BCUT2D eigenvalue weighted by molar-refractivity contribution is 6.33. The van der Waals surface area contributed by atoms with E-state index in [2.05, 4.69) is 18.7 Å². The molecule has 88 valence electrons. The minimum Gasteiger partial charge on any atom is -0.392 e. The van der Waals surface area contributed by atoms with Crippen LogP contribution in [0.2, 0.25) is 5.02 Å². The van der Waals surface area contributed by atoms with E-state index in [4.69, 9.17) is 16.7 Å². The molecule has 0 bridgehead atoms. The van der Waals surface area contributed by atoms with Gasteiger partial charge in [-0.05, 0) is 29.5 Å². The second-order valence-electron chi connectivity index (χ2n) is 4.80. The van der Waals surface area contributed by atoms with Crippen molar-refractivity contribution in [3.63, 3.8) is 0 Å². The van der Waals surface area contributed by atoms with E-state index in [9.17, 15) is 0 Å². The summed E-state index contributed by atoms with van der Waals surface area (Å²) in [4.78, 5) is 2.33. The molecule has 0 aromatic heterocycles. The lowest BCUT2D eigenvalue weighted by atomic mass is 10.0. The number of aliphatic hydroxyl groups excluding tert-OH is 1. The molecule has 1 saturated heterocycles. The Morgan fingerprint density at radius 1 is 1.31 bits per heavy atom. The zero-order valence-corrected chi connectivity index (χ0v) is 10.5. The third kappa shape index (κ3) is 2.18. The standard InChI is InChI=1S/C13H18ClNO/c1-9-6-15(7-10(9)2)13-4-3-11(8-16)5-12(13)14/h3-5,9-10,16H,6-8H2,1-2H3. The quantitative estimate of drug-likeness (QED) is 0.858. The van der Waals surface area contributed by atoms with Gasteiger partial charge in [0, 0.05) is 13.1 Å². The van der Waals surface area contributed by atoms with E-state index < -0.39 is 0 Å². The number of anilines is 1. The minimum atomic E-state index is 0.0484. The first-order valence-corrected chi connectivity index (χ1v) is 6.14. The van der Waals surface area contributed by atoms with Crippen LogP contribution in [-0.2, 0) is 6.61 Å². The van der Waals surface area contributed by atoms with E-state index in [0.29, 0.717) is 11.8 Å². The highest BCUT2D eigenvalue weighted by atomic mass is 35.5. The van der Waals surface area contributed by atoms with Crippen LogP contribution in [0.25, 0.3) is 0 Å². The molecule has 0 amide bonds. The van der Waals surface area contributed by atoms with Gasteiger partial charge in [-0.15, -0.1) is 0 Å². The van der Waals surface area contributed by atoms with E-state index in [-0.39, 0.29) is 6.61 Å². The first-order chi connectivity index (χ1) is 7.61. The number of aliphatic hydroxyl groups is 1. The van der Waals surface area contributed by atoms with Crippen molar-refractivity contribution in [3.05, 3.63) is 28.8 Å². The average molecular weight is 240 g/mol. The summed E-state index contributed by atoms with van der Waals surface area (Å²) in [7, 11) is 0. The van der Waals surface area contributed by atoms with Gasteiger partial charge < -0.3 is 10.0 Å². The lowest BCUT2D eigenvalue weighted by molar-refractivity contribution is 0.282. The fourth-order valence-corrected chi connectivity index (χ4v) is 2.55. The Labute approximate surface area is 102 Å². The normalized spacial score (nSPS) is 25.1. The molecule has 3 heteroatoms. The second-order valence-corrected chi connectivity index (χ2v) is 5.21. The smallest absolute Gasteiger partial charge is 0.0682 e. The maximum atomic E-state index is 9.03. The lowest BCUT2D eigenvalue weighted by Crippen LogP contribution is -2.19. The van der Waals surface area contributed by atoms with Crippen molar-refractivity contribution in [2.45, 2.75) is 20.5 Å². The summed E-state index contributed by atoms with van der Waals surface area (Å²) in [6, 6.07) is 5.80. The monoisotopic (exact) mass is 239 g/mol. The molecule has 1 heterocycles. The Bertz CT molecular complexity index is 370. The molecule has 1 aliphatic heterocycles. The molecule has 2 nitrogen and oxygen atoms in total. The van der Waals surface area contributed by atoms with Crippen LogP contribution in [0.4, 0.5) is 5.69 Å². The molecule has 2 unspecified atom stereocenters. The van der Waals surface area contributed by atoms with Gasteiger partial charge in [0.15, 0.2) is 0 Å². The fourth-order valence-electron chi connectivity index (χ4n) is 2.23. The Morgan fingerprint density at radius 2 is 1.94 bits per heavy atom. The summed E-state index contributed by atoms with van der Waals surface area (Å²) in [5.41, 5.74) is 1.96. The van der Waals surface area contributed by atoms with Gasteiger partial charge in [-0.2, -0.15) is 0 Å². The summed E-state index contributed by atoms with van der Waals surface area (Å²) < 4.78 is 0. The van der Waals surface area contributed by atoms with E-state index in [1.165, 1.54) is 0 Å². The largest absolute Gasteiger partial charge is 0.392 e. The molecule has 16 heavy (non-hydrogen) atoms. The predicted molar refractivity (Wildman–Crippen MR) is 67.9 cm³/mol. The zero-order chi connectivity index (χ0) is 11.7. The van der Waals surface area contributed by atoms with Crippen molar-refractivity contribution in [1.82, 2.24) is 0 Å². The van der Waals surface area contributed by atoms with E-state index in [1.54, 1.807) is 0 Å². The van der Waals surface area contributed by atoms with Crippen LogP contribution in [0.15, 0.2) is 18.2 Å². The summed E-state index contributed by atoms with van der Waals surface area (Å²) in [6.45, 7) is 6.74. The molecule has 2 rings (SSSR count). The number of hydrogen-bond acceptors (Lipinski definition) is 2. The molecule has 0 saturated carbocycles. The van der Waals surface area contributed by atoms with Gasteiger partial charge in [0.2, 0.25) is 0 Å². The number of nitrogens with zero attached hydrogens (tertiary/aromatic N) is 1. The average Bonchev–Trinajstić information content (AvgIpc) is 2.58. The van der Waals surface area contributed by atoms with Crippen LogP contribution in [0.1, 0.15) is 19.4 Å². The molecule has 1 aromatic rings. The third-order valence-corrected chi connectivity index (χ3v) is 3.83. The van der Waals surface area contributed by atoms with Crippen LogP contribution in [0.5, 0.6) is 0 Å². The zero-order valence-electron chi connectivity index (χ0n) is 9.78. The number of halogens is 1. The first-order valence-electron chi connectivity index (χ1n) is 5.76. The highest BCUT2D eigenvalue weighted by Gasteiger charge is 2.27. The SMILES string of the molecule is CC1CN(c2ccc(CO)cc2Cl)CC1C. The van der Waals surface area contributed by atoms with E-state index >= 15 is 0 Å². The number of benzene rings is 1. The Balaban J connectivity index is 2.22. The second kappa shape index (κ2) is 4.64. The molecule has 0 aliphatic carbocycles. The van der Waals surface area contributed by atoms with Crippen molar-refractivity contribution in [1.29, 1.82) is 0 Å². The fraction of sp³-hybridized carbons (Fsp3) is 0.538. The van der Waals surface area contributed by atoms with Gasteiger partial charge in [0.05, 0.1) is 17.3 Å². The van der Waals surface area contributed by atoms with Crippen molar-refractivity contribution >= 4 is 17.3 Å². The summed E-state index contributed by atoms with van der Waals surface area (Å²) in [5.74, 6) is 1.43. The van der Waals surface area contributed by atoms with Gasteiger partial charge in [0.25, 0.3) is 0 Å². The van der Waals surface area contributed by atoms with Crippen molar-refractivity contribution in [2.24, 2.45) is 11.8 Å². The van der Waals surface area contributed by atoms with E-state index in [1.807, 2.05) is 18.2 Å². The van der Waals surface area contributed by atoms with Crippen LogP contribution >= 0.6 is 11.6 Å². The molecule has 2 atom stereocenters. The molecular weight excluding hydrogens is 222 g/mol. The molecular formula is C13H18ClNO. The van der Waals surface area contributed by atoms with Crippen LogP contribution in [-0.4, -0.2) is 18.2 Å². The summed E-state index contributed by atoms with van der Waals surface area (Å²) in [5, 5.41) is 9.77. The highest BCUT2D eigenvalue weighted by Crippen LogP contribution is 2.33. The summed E-state index contributed by atoms with van der Waals surface area (Å²) >= 11 is 6.23. The van der Waals surface area contributed by atoms with Gasteiger partial charge in [0.1, 0.15) is 0 Å². The number of rotatable bonds is 2. The minimum absolute atomic E-state index is 0.0484. The van der Waals surface area contributed by atoms with Crippen molar-refractivity contribution < 1.29 is 5.11 Å². The molecule has 1 fully saturated rings. The summed E-state index contributed by atoms with van der Waals surface area (Å²) in [6.07, 6.45) is 0. The maximum absolute atomic E-state index is 9.03. The lowest BCUT2D eigenvalue weighted by Gasteiger charge is -2.20. The molecule has 0 spiro atoms. The first kappa shape index (κ1) is 11.7. The van der Waals surface area contributed by atoms with Crippen molar-refractivity contribution in [3.8, 4) is 0 Å². The topological polar surface area (TPSA) is 23.5 Å². The molecule has 1 aromatic carbocycles. The Hall–Kier alpha value is -0.730. The van der Waals surface area contributed by atoms with Crippen LogP contribution in [0, 0.1) is 11.8 Å². The number of hydrogen-bond donors (Lipinski definition) is 1. The van der Waals surface area contributed by atoms with Crippen molar-refractivity contribution in [2.75, 3.05) is 18.0 Å². The third-order valence-electron chi connectivity index (χ3n) is 3.52. The van der Waals surface area contributed by atoms with Crippen LogP contribution in [0.3, 0.4) is 0 Å². The van der Waals surface area contributed by atoms with E-state index in [0.717, 1.165) is 29.4 Å². The molecule has 0 radical (unpaired) electrons. The van der Waals surface area contributed by atoms with Gasteiger partial charge in [-0.1, -0.05) is 31.5 Å². The molecule has 1 aliphatic rings. The van der Waals surface area contributed by atoms with Gasteiger partial charge in [-0.3, -0.25) is 0 Å². The van der Waals surface area contributed by atoms with Gasteiger partial charge >= 0.3 is 0 Å². The predicted octanol–water partition coefficient (Wildman–Crippen LogP) is 2.92. The molecule has 1 N–H and O–H groups in total. The van der Waals surface area contributed by atoms with Gasteiger partial charge in [-0.25, -0.2) is 0 Å². The maximum Gasteiger partial charge on any atom is 0.0682 e. The Kier molecular flexibility index (Phi) is 3.41.